The normalized spacial score (nSPS) is 11.6. The summed E-state index contributed by atoms with van der Waals surface area (Å²) in [5.41, 5.74) is 7.47. The van der Waals surface area contributed by atoms with E-state index in [9.17, 15) is 0 Å². The van der Waals surface area contributed by atoms with E-state index in [4.69, 9.17) is 10.9 Å². The zero-order valence-corrected chi connectivity index (χ0v) is 13.4. The second kappa shape index (κ2) is 7.33. The van der Waals surface area contributed by atoms with Crippen LogP contribution in [0.3, 0.4) is 0 Å². The van der Waals surface area contributed by atoms with Crippen molar-refractivity contribution < 1.29 is 5.21 Å². The first-order chi connectivity index (χ1) is 10.2. The third-order valence-corrected chi connectivity index (χ3v) is 4.50. The fourth-order valence-corrected chi connectivity index (χ4v) is 3.62. The van der Waals surface area contributed by atoms with Crippen molar-refractivity contribution in [1.29, 1.82) is 0 Å². The van der Waals surface area contributed by atoms with Gasteiger partial charge in [-0.2, -0.15) is 0 Å². The number of nitrogens with zero attached hydrogens (tertiary/aromatic N) is 3. The Balaban J connectivity index is 2.45. The molecule has 1 aromatic carbocycles. The molecule has 0 saturated carbocycles. The highest BCUT2D eigenvalue weighted by Crippen LogP contribution is 2.33. The lowest BCUT2D eigenvalue weighted by Gasteiger charge is -2.12. The molecule has 0 aliphatic carbocycles. The molecule has 110 valence electrons. The van der Waals surface area contributed by atoms with Gasteiger partial charge in [0.15, 0.2) is 11.0 Å². The zero-order valence-electron chi connectivity index (χ0n) is 11.8. The van der Waals surface area contributed by atoms with Crippen LogP contribution >= 0.6 is 23.5 Å². The first-order valence-electron chi connectivity index (χ1n) is 6.37. The Bertz CT molecular complexity index is 661. The molecule has 5 nitrogen and oxygen atoms in total. The van der Waals surface area contributed by atoms with Crippen molar-refractivity contribution in [3.8, 4) is 0 Å². The Kier molecular flexibility index (Phi) is 5.46. The SMILES string of the molecule is CCSc1cccc(Sc2nccc(C)n2)c1/C(N)=N/O. The molecular weight excluding hydrogens is 304 g/mol. The summed E-state index contributed by atoms with van der Waals surface area (Å²) >= 11 is 3.05. The topological polar surface area (TPSA) is 84.4 Å². The Morgan fingerprint density at radius 2 is 2.10 bits per heavy atom. The van der Waals surface area contributed by atoms with Crippen LogP contribution in [0.5, 0.6) is 0 Å². The smallest absolute Gasteiger partial charge is 0.192 e. The van der Waals surface area contributed by atoms with Gasteiger partial charge in [-0.25, -0.2) is 9.97 Å². The second-order valence-corrected chi connectivity index (χ2v) is 6.45. The molecule has 0 unspecified atom stereocenters. The molecule has 1 heterocycles. The Morgan fingerprint density at radius 3 is 2.76 bits per heavy atom. The highest BCUT2D eigenvalue weighted by Gasteiger charge is 2.15. The molecule has 21 heavy (non-hydrogen) atoms. The van der Waals surface area contributed by atoms with Gasteiger partial charge in [-0.3, -0.25) is 0 Å². The maximum atomic E-state index is 9.03. The molecule has 0 aliphatic rings. The zero-order chi connectivity index (χ0) is 15.2. The fraction of sp³-hybridized carbons (Fsp3) is 0.214. The van der Waals surface area contributed by atoms with Gasteiger partial charge >= 0.3 is 0 Å². The Labute approximate surface area is 132 Å². The third-order valence-electron chi connectivity index (χ3n) is 2.63. The second-order valence-electron chi connectivity index (χ2n) is 4.13. The number of benzene rings is 1. The summed E-state index contributed by atoms with van der Waals surface area (Å²) in [4.78, 5) is 10.5. The van der Waals surface area contributed by atoms with Crippen molar-refractivity contribution in [2.45, 2.75) is 28.8 Å². The molecule has 0 bridgehead atoms. The molecule has 2 rings (SSSR count). The van der Waals surface area contributed by atoms with Crippen LogP contribution in [0.15, 0.2) is 50.6 Å². The number of hydrogen-bond acceptors (Lipinski definition) is 6. The standard InChI is InChI=1S/C14H16N4OS2/c1-3-20-10-5-4-6-11(12(10)13(15)18-19)21-14-16-8-7-9(2)17-14/h4-8,19H,3H2,1-2H3,(H2,15,18). The van der Waals surface area contributed by atoms with Crippen LogP contribution in [0.25, 0.3) is 0 Å². The Hall–Kier alpha value is -1.73. The molecule has 0 saturated heterocycles. The van der Waals surface area contributed by atoms with E-state index in [1.54, 1.807) is 18.0 Å². The van der Waals surface area contributed by atoms with Gasteiger partial charge in [0.05, 0.1) is 0 Å². The molecule has 0 aliphatic heterocycles. The van der Waals surface area contributed by atoms with E-state index < -0.39 is 0 Å². The van der Waals surface area contributed by atoms with Crippen molar-refractivity contribution in [1.82, 2.24) is 9.97 Å². The summed E-state index contributed by atoms with van der Waals surface area (Å²) < 4.78 is 0. The minimum atomic E-state index is 0.0988. The summed E-state index contributed by atoms with van der Waals surface area (Å²) in [6.45, 7) is 3.98. The maximum Gasteiger partial charge on any atom is 0.192 e. The third kappa shape index (κ3) is 3.89. The number of oxime groups is 1. The molecular formula is C14H16N4OS2. The van der Waals surface area contributed by atoms with Gasteiger partial charge in [0.2, 0.25) is 0 Å². The van der Waals surface area contributed by atoms with E-state index in [1.807, 2.05) is 31.2 Å². The van der Waals surface area contributed by atoms with Crippen molar-refractivity contribution in [3.05, 3.63) is 41.7 Å². The minimum Gasteiger partial charge on any atom is -0.409 e. The summed E-state index contributed by atoms with van der Waals surface area (Å²) in [7, 11) is 0. The number of aryl methyl sites for hydroxylation is 1. The molecule has 1 aromatic heterocycles. The van der Waals surface area contributed by atoms with Crippen LogP contribution in [0.1, 0.15) is 18.2 Å². The molecule has 3 N–H and O–H groups in total. The quantitative estimate of drug-likeness (QED) is 0.220. The van der Waals surface area contributed by atoms with Gasteiger partial charge in [-0.05, 0) is 42.6 Å². The first-order valence-corrected chi connectivity index (χ1v) is 8.17. The van der Waals surface area contributed by atoms with Crippen molar-refractivity contribution >= 4 is 29.4 Å². The van der Waals surface area contributed by atoms with Crippen molar-refractivity contribution in [3.63, 3.8) is 0 Å². The largest absolute Gasteiger partial charge is 0.409 e. The number of nitrogens with two attached hydrogens (primary N) is 1. The molecule has 0 radical (unpaired) electrons. The monoisotopic (exact) mass is 320 g/mol. The number of amidine groups is 1. The average Bonchev–Trinajstić information content (AvgIpc) is 2.47. The van der Waals surface area contributed by atoms with Gasteiger partial charge in [0.1, 0.15) is 0 Å². The van der Waals surface area contributed by atoms with Gasteiger partial charge in [-0.15, -0.1) is 11.8 Å². The number of aromatic nitrogens is 2. The van der Waals surface area contributed by atoms with E-state index in [0.29, 0.717) is 5.16 Å². The van der Waals surface area contributed by atoms with Crippen LogP contribution in [0.2, 0.25) is 0 Å². The fourth-order valence-electron chi connectivity index (χ4n) is 1.75. The molecule has 0 spiro atoms. The van der Waals surface area contributed by atoms with Gasteiger partial charge in [-0.1, -0.05) is 18.1 Å². The van der Waals surface area contributed by atoms with E-state index in [-0.39, 0.29) is 5.84 Å². The highest BCUT2D eigenvalue weighted by molar-refractivity contribution is 8.00. The van der Waals surface area contributed by atoms with E-state index in [2.05, 4.69) is 22.0 Å². The number of rotatable bonds is 5. The van der Waals surface area contributed by atoms with E-state index >= 15 is 0 Å². The minimum absolute atomic E-state index is 0.0988. The molecule has 0 fully saturated rings. The lowest BCUT2D eigenvalue weighted by molar-refractivity contribution is 0.318. The van der Waals surface area contributed by atoms with Gasteiger partial charge in [0, 0.05) is 27.2 Å². The predicted octanol–water partition coefficient (Wildman–Crippen LogP) is 3.14. The molecule has 7 heteroatoms. The van der Waals surface area contributed by atoms with Crippen molar-refractivity contribution in [2.75, 3.05) is 5.75 Å². The lowest BCUT2D eigenvalue weighted by atomic mass is 10.2. The van der Waals surface area contributed by atoms with Crippen LogP contribution in [-0.2, 0) is 0 Å². The van der Waals surface area contributed by atoms with Crippen LogP contribution in [0.4, 0.5) is 0 Å². The summed E-state index contributed by atoms with van der Waals surface area (Å²) in [5, 5.41) is 12.8. The van der Waals surface area contributed by atoms with Crippen LogP contribution in [0, 0.1) is 6.92 Å². The predicted molar refractivity (Wildman–Crippen MR) is 86.2 cm³/mol. The number of thioether (sulfide) groups is 1. The molecule has 0 atom stereocenters. The van der Waals surface area contributed by atoms with Crippen LogP contribution in [-0.4, -0.2) is 26.8 Å². The maximum absolute atomic E-state index is 9.03. The summed E-state index contributed by atoms with van der Waals surface area (Å²) in [6, 6.07) is 7.67. The summed E-state index contributed by atoms with van der Waals surface area (Å²) in [5.74, 6) is 1.00. The van der Waals surface area contributed by atoms with Gasteiger partial charge < -0.3 is 10.9 Å². The van der Waals surface area contributed by atoms with Gasteiger partial charge in [0.25, 0.3) is 0 Å². The Morgan fingerprint density at radius 1 is 1.33 bits per heavy atom. The highest BCUT2D eigenvalue weighted by atomic mass is 32.2. The lowest BCUT2D eigenvalue weighted by Crippen LogP contribution is -2.15. The van der Waals surface area contributed by atoms with E-state index in [1.165, 1.54) is 11.8 Å². The number of hydrogen-bond donors (Lipinski definition) is 2. The van der Waals surface area contributed by atoms with Crippen LogP contribution < -0.4 is 5.73 Å². The summed E-state index contributed by atoms with van der Waals surface area (Å²) in [6.07, 6.45) is 1.72. The van der Waals surface area contributed by atoms with Crippen molar-refractivity contribution in [2.24, 2.45) is 10.9 Å². The first kappa shape index (κ1) is 15.7. The molecule has 2 aromatic rings. The average molecular weight is 320 g/mol. The van der Waals surface area contributed by atoms with E-state index in [0.717, 1.165) is 26.8 Å². The molecule has 0 amide bonds.